The molecule has 1 unspecified atom stereocenters. The number of nitrogens with one attached hydrogen (secondary N) is 1. The summed E-state index contributed by atoms with van der Waals surface area (Å²) in [5.41, 5.74) is 9.13. The highest BCUT2D eigenvalue weighted by atomic mass is 35.5. The third-order valence-electron chi connectivity index (χ3n) is 3.09. The van der Waals surface area contributed by atoms with E-state index in [4.69, 9.17) is 23.1 Å². The maximum atomic E-state index is 12.9. The highest BCUT2D eigenvalue weighted by Crippen LogP contribution is 2.31. The molecular formula is C17H18ClF3N6O. The summed E-state index contributed by atoms with van der Waals surface area (Å²) in [5, 5.41) is 2.24. The molecule has 0 aliphatic heterocycles. The van der Waals surface area contributed by atoms with Crippen LogP contribution in [0.3, 0.4) is 0 Å². The topological polar surface area (TPSA) is 118 Å². The van der Waals surface area contributed by atoms with Gasteiger partial charge in [0.05, 0.1) is 17.9 Å². The predicted molar refractivity (Wildman–Crippen MR) is 104 cm³/mol. The Morgan fingerprint density at radius 1 is 1.29 bits per heavy atom. The highest BCUT2D eigenvalue weighted by Gasteiger charge is 2.31. The zero-order valence-corrected chi connectivity index (χ0v) is 15.5. The van der Waals surface area contributed by atoms with E-state index in [-0.39, 0.29) is 22.2 Å². The number of carbonyl (C=O) groups excluding carboxylic acids is 1. The van der Waals surface area contributed by atoms with E-state index >= 15 is 0 Å². The Kier molecular flexibility index (Phi) is 8.39. The van der Waals surface area contributed by atoms with Crippen LogP contribution in [0.1, 0.15) is 22.8 Å². The SMILES string of the molecule is C=C(N=C/C=C\N)N=C(N=CN)C(C)NC(=O)c1cc(Cl)cc(C(F)(F)F)c1. The van der Waals surface area contributed by atoms with E-state index in [9.17, 15) is 18.0 Å². The fraction of sp³-hybridized carbons (Fsp3) is 0.176. The number of amides is 1. The van der Waals surface area contributed by atoms with Crippen LogP contribution >= 0.6 is 11.6 Å². The van der Waals surface area contributed by atoms with Gasteiger partial charge in [0, 0.05) is 16.8 Å². The Hall–Kier alpha value is -3.14. The fourth-order valence-corrected chi connectivity index (χ4v) is 2.12. The Labute approximate surface area is 164 Å². The van der Waals surface area contributed by atoms with Crippen LogP contribution in [0.4, 0.5) is 13.2 Å². The van der Waals surface area contributed by atoms with Crippen molar-refractivity contribution in [3.8, 4) is 0 Å². The van der Waals surface area contributed by atoms with Gasteiger partial charge in [0.25, 0.3) is 5.91 Å². The lowest BCUT2D eigenvalue weighted by Crippen LogP contribution is -2.38. The van der Waals surface area contributed by atoms with Crippen molar-refractivity contribution in [1.82, 2.24) is 5.32 Å². The second-order valence-electron chi connectivity index (χ2n) is 5.25. The lowest BCUT2D eigenvalue weighted by atomic mass is 10.1. The number of hydrogen-bond acceptors (Lipinski definition) is 4. The molecule has 0 bridgehead atoms. The molecule has 5 N–H and O–H groups in total. The number of hydrogen-bond donors (Lipinski definition) is 3. The number of aliphatic imine (C=N–C) groups is 3. The molecule has 1 aromatic rings. The zero-order valence-electron chi connectivity index (χ0n) is 14.7. The largest absolute Gasteiger partial charge is 0.416 e. The van der Waals surface area contributed by atoms with Crippen molar-refractivity contribution in [2.75, 3.05) is 0 Å². The third-order valence-corrected chi connectivity index (χ3v) is 3.31. The molecule has 0 spiro atoms. The lowest BCUT2D eigenvalue weighted by Gasteiger charge is -2.15. The van der Waals surface area contributed by atoms with Gasteiger partial charge in [0.1, 0.15) is 5.82 Å². The minimum absolute atomic E-state index is 0.0350. The van der Waals surface area contributed by atoms with Crippen molar-refractivity contribution >= 4 is 35.9 Å². The molecule has 0 heterocycles. The molecule has 150 valence electrons. The monoisotopic (exact) mass is 414 g/mol. The quantitative estimate of drug-likeness (QED) is 0.490. The lowest BCUT2D eigenvalue weighted by molar-refractivity contribution is -0.137. The Morgan fingerprint density at radius 3 is 2.54 bits per heavy atom. The smallest absolute Gasteiger partial charge is 0.405 e. The highest BCUT2D eigenvalue weighted by molar-refractivity contribution is 6.31. The molecule has 0 radical (unpaired) electrons. The van der Waals surface area contributed by atoms with E-state index < -0.39 is 23.7 Å². The van der Waals surface area contributed by atoms with Crippen LogP contribution in [0, 0.1) is 0 Å². The molecule has 1 atom stereocenters. The van der Waals surface area contributed by atoms with Crippen molar-refractivity contribution in [3.05, 3.63) is 59.0 Å². The minimum atomic E-state index is -4.64. The molecular weight excluding hydrogens is 397 g/mol. The number of halogens is 4. The summed E-state index contributed by atoms with van der Waals surface area (Å²) in [6.07, 6.45) is 0.330. The van der Waals surface area contributed by atoms with Gasteiger partial charge in [-0.15, -0.1) is 0 Å². The second kappa shape index (κ2) is 10.3. The fourth-order valence-electron chi connectivity index (χ4n) is 1.88. The Balaban J connectivity index is 3.06. The molecule has 1 aromatic carbocycles. The van der Waals surface area contributed by atoms with Gasteiger partial charge in [-0.25, -0.2) is 15.0 Å². The number of carbonyl (C=O) groups is 1. The number of amidine groups is 1. The Morgan fingerprint density at radius 2 is 1.96 bits per heavy atom. The van der Waals surface area contributed by atoms with Gasteiger partial charge < -0.3 is 16.8 Å². The summed E-state index contributed by atoms with van der Waals surface area (Å²) in [7, 11) is 0. The predicted octanol–water partition coefficient (Wildman–Crippen LogP) is 2.88. The summed E-state index contributed by atoms with van der Waals surface area (Å²) in [5.74, 6) is -0.727. The molecule has 0 fully saturated rings. The van der Waals surface area contributed by atoms with Crippen LogP contribution in [0.2, 0.25) is 5.02 Å². The van der Waals surface area contributed by atoms with E-state index in [1.165, 1.54) is 25.4 Å². The number of benzene rings is 1. The maximum absolute atomic E-state index is 12.9. The minimum Gasteiger partial charge on any atom is -0.405 e. The van der Waals surface area contributed by atoms with Crippen LogP contribution in [-0.2, 0) is 6.18 Å². The van der Waals surface area contributed by atoms with Crippen molar-refractivity contribution in [3.63, 3.8) is 0 Å². The van der Waals surface area contributed by atoms with Gasteiger partial charge in [-0.3, -0.25) is 4.79 Å². The molecule has 28 heavy (non-hydrogen) atoms. The van der Waals surface area contributed by atoms with Crippen LogP contribution in [-0.4, -0.2) is 30.3 Å². The van der Waals surface area contributed by atoms with Crippen molar-refractivity contribution in [2.45, 2.75) is 19.1 Å². The van der Waals surface area contributed by atoms with Crippen LogP contribution < -0.4 is 16.8 Å². The van der Waals surface area contributed by atoms with E-state index in [1.54, 1.807) is 0 Å². The average molecular weight is 415 g/mol. The first-order chi connectivity index (χ1) is 13.1. The van der Waals surface area contributed by atoms with E-state index in [2.05, 4.69) is 26.9 Å². The standard InChI is InChI=1S/C17H18ClF3N6O/c1-10(15(25-9-23)27-11(2)24-5-3-4-22)26-16(28)12-6-13(17(19,20)21)8-14(18)7-12/h3-10H,2,22H2,1H3,(H,26,28)(H2,23,25,27)/b4-3-,24-5?. The molecule has 7 nitrogen and oxygen atoms in total. The van der Waals surface area contributed by atoms with Crippen molar-refractivity contribution in [1.29, 1.82) is 0 Å². The summed E-state index contributed by atoms with van der Waals surface area (Å²) in [6, 6.07) is 1.71. The second-order valence-corrected chi connectivity index (χ2v) is 5.69. The van der Waals surface area contributed by atoms with Gasteiger partial charge >= 0.3 is 6.18 Å². The number of rotatable bonds is 6. The van der Waals surface area contributed by atoms with Crippen LogP contribution in [0.5, 0.6) is 0 Å². The van der Waals surface area contributed by atoms with Crippen molar-refractivity contribution in [2.24, 2.45) is 26.4 Å². The maximum Gasteiger partial charge on any atom is 0.416 e. The van der Waals surface area contributed by atoms with E-state index in [0.29, 0.717) is 6.07 Å². The van der Waals surface area contributed by atoms with Gasteiger partial charge in [0.2, 0.25) is 0 Å². The first-order valence-corrected chi connectivity index (χ1v) is 8.07. The molecule has 0 aliphatic carbocycles. The Bertz CT molecular complexity index is 846. The van der Waals surface area contributed by atoms with Crippen molar-refractivity contribution < 1.29 is 18.0 Å². The van der Waals surface area contributed by atoms with E-state index in [0.717, 1.165) is 18.5 Å². The number of alkyl halides is 3. The first kappa shape index (κ1) is 22.9. The normalized spacial score (nSPS) is 14.1. The van der Waals surface area contributed by atoms with Gasteiger partial charge in [-0.05, 0) is 37.4 Å². The van der Waals surface area contributed by atoms with Gasteiger partial charge in [-0.1, -0.05) is 18.2 Å². The summed E-state index contributed by atoms with van der Waals surface area (Å²) in [6.45, 7) is 5.10. The van der Waals surface area contributed by atoms with Gasteiger partial charge in [0.15, 0.2) is 5.84 Å². The zero-order chi connectivity index (χ0) is 21.3. The van der Waals surface area contributed by atoms with Crippen LogP contribution in [0.15, 0.2) is 57.9 Å². The molecule has 11 heteroatoms. The molecule has 1 amide bonds. The van der Waals surface area contributed by atoms with E-state index in [1.807, 2.05) is 0 Å². The average Bonchev–Trinajstić information content (AvgIpc) is 2.60. The third kappa shape index (κ3) is 7.23. The number of nitrogens with zero attached hydrogens (tertiary/aromatic N) is 3. The summed E-state index contributed by atoms with van der Waals surface area (Å²) < 4.78 is 38.7. The summed E-state index contributed by atoms with van der Waals surface area (Å²) in [4.78, 5) is 24.0. The van der Waals surface area contributed by atoms with Crippen LogP contribution in [0.25, 0.3) is 0 Å². The molecule has 1 rings (SSSR count). The molecule has 0 saturated heterocycles. The summed E-state index contributed by atoms with van der Waals surface area (Å²) >= 11 is 5.69. The molecule has 0 saturated carbocycles. The molecule has 0 aromatic heterocycles. The molecule has 0 aliphatic rings. The number of nitrogens with two attached hydrogens (primary N) is 2. The first-order valence-electron chi connectivity index (χ1n) is 7.69. The van der Waals surface area contributed by atoms with Gasteiger partial charge in [-0.2, -0.15) is 13.2 Å². The number of allylic oxidation sites excluding steroid dienone is 1.